The van der Waals surface area contributed by atoms with Crippen molar-refractivity contribution in [3.05, 3.63) is 30.1 Å². The number of pyridine rings is 1. The van der Waals surface area contributed by atoms with Crippen LogP contribution in [0.15, 0.2) is 24.5 Å². The van der Waals surface area contributed by atoms with Gasteiger partial charge in [-0.25, -0.2) is 4.98 Å². The van der Waals surface area contributed by atoms with Gasteiger partial charge in [-0.2, -0.15) is 0 Å². The Kier molecular flexibility index (Phi) is 4.59. The Balaban J connectivity index is 2.33. The predicted molar refractivity (Wildman–Crippen MR) is 81.2 cm³/mol. The van der Waals surface area contributed by atoms with Gasteiger partial charge < -0.3 is 10.3 Å². The van der Waals surface area contributed by atoms with Crippen LogP contribution in [-0.2, 0) is 13.0 Å². The fourth-order valence-corrected chi connectivity index (χ4v) is 2.76. The quantitative estimate of drug-likeness (QED) is 0.864. The monoisotopic (exact) mass is 259 g/mol. The fourth-order valence-electron chi connectivity index (χ4n) is 2.76. The molecule has 0 aliphatic heterocycles. The third-order valence-corrected chi connectivity index (χ3v) is 3.55. The summed E-state index contributed by atoms with van der Waals surface area (Å²) in [5, 5.41) is 1.25. The topological polar surface area (TPSA) is 43.8 Å². The average Bonchev–Trinajstić information content (AvgIpc) is 2.68. The van der Waals surface area contributed by atoms with Crippen LogP contribution in [0.5, 0.6) is 0 Å². The summed E-state index contributed by atoms with van der Waals surface area (Å²) in [5.41, 5.74) is 8.36. The summed E-state index contributed by atoms with van der Waals surface area (Å²) >= 11 is 0. The predicted octanol–water partition coefficient (Wildman–Crippen LogP) is 3.36. The van der Waals surface area contributed by atoms with E-state index in [0.717, 1.165) is 18.6 Å². The van der Waals surface area contributed by atoms with Crippen molar-refractivity contribution < 1.29 is 0 Å². The van der Waals surface area contributed by atoms with E-state index in [-0.39, 0.29) is 6.04 Å². The van der Waals surface area contributed by atoms with Gasteiger partial charge in [0.15, 0.2) is 0 Å². The number of aromatic nitrogens is 2. The Bertz CT molecular complexity index is 528. The van der Waals surface area contributed by atoms with Crippen LogP contribution in [0, 0.1) is 5.92 Å². The summed E-state index contributed by atoms with van der Waals surface area (Å²) in [5.74, 6) is 0.686. The number of rotatable bonds is 6. The molecule has 2 unspecified atom stereocenters. The lowest BCUT2D eigenvalue weighted by molar-refractivity contribution is 0.451. The molecule has 2 aromatic heterocycles. The lowest BCUT2D eigenvalue weighted by Gasteiger charge is -2.11. The van der Waals surface area contributed by atoms with Gasteiger partial charge in [0.1, 0.15) is 5.65 Å². The minimum Gasteiger partial charge on any atom is -0.332 e. The molecule has 0 bridgehead atoms. The molecule has 0 saturated heterocycles. The summed E-state index contributed by atoms with van der Waals surface area (Å²) in [6, 6.07) is 4.35. The molecule has 0 aliphatic carbocycles. The van der Waals surface area contributed by atoms with Gasteiger partial charge in [-0.05, 0) is 43.4 Å². The minimum absolute atomic E-state index is 0.187. The van der Waals surface area contributed by atoms with Crippen molar-refractivity contribution in [1.82, 2.24) is 9.55 Å². The molecule has 2 aromatic rings. The maximum atomic E-state index is 5.94. The Morgan fingerprint density at radius 2 is 2.16 bits per heavy atom. The Morgan fingerprint density at radius 3 is 2.84 bits per heavy atom. The van der Waals surface area contributed by atoms with Gasteiger partial charge in [-0.1, -0.05) is 20.3 Å². The van der Waals surface area contributed by atoms with Gasteiger partial charge in [0.2, 0.25) is 0 Å². The maximum Gasteiger partial charge on any atom is 0.140 e. The summed E-state index contributed by atoms with van der Waals surface area (Å²) in [6.07, 6.45) is 7.53. The molecule has 3 heteroatoms. The molecule has 2 N–H and O–H groups in total. The second-order valence-corrected chi connectivity index (χ2v) is 5.76. The zero-order chi connectivity index (χ0) is 13.8. The highest BCUT2D eigenvalue weighted by Crippen LogP contribution is 2.22. The van der Waals surface area contributed by atoms with Gasteiger partial charge in [0.25, 0.3) is 0 Å². The lowest BCUT2D eigenvalue weighted by atomic mass is 10.1. The zero-order valence-electron chi connectivity index (χ0n) is 12.3. The van der Waals surface area contributed by atoms with Crippen molar-refractivity contribution in [1.29, 1.82) is 0 Å². The second-order valence-electron chi connectivity index (χ2n) is 5.76. The first-order valence-corrected chi connectivity index (χ1v) is 7.30. The Hall–Kier alpha value is -1.35. The van der Waals surface area contributed by atoms with E-state index in [0.29, 0.717) is 5.92 Å². The molecule has 19 heavy (non-hydrogen) atoms. The third-order valence-electron chi connectivity index (χ3n) is 3.55. The number of fused-ring (bicyclic) bond motifs is 1. The molecule has 2 heterocycles. The Morgan fingerprint density at radius 1 is 1.37 bits per heavy atom. The molecule has 104 valence electrons. The van der Waals surface area contributed by atoms with Crippen LogP contribution in [0.25, 0.3) is 11.0 Å². The van der Waals surface area contributed by atoms with Crippen LogP contribution < -0.4 is 5.73 Å². The Labute approximate surface area is 115 Å². The standard InChI is InChI=1S/C16H25N3/c1-4-6-12(2)10-19-11-14(9-13(3)17)15-7-5-8-18-16(15)19/h5,7-8,11-13H,4,6,9-10,17H2,1-3H3. The van der Waals surface area contributed by atoms with Gasteiger partial charge in [0, 0.05) is 30.4 Å². The van der Waals surface area contributed by atoms with E-state index in [2.05, 4.69) is 42.6 Å². The van der Waals surface area contributed by atoms with E-state index in [1.807, 2.05) is 12.3 Å². The van der Waals surface area contributed by atoms with Gasteiger partial charge >= 0.3 is 0 Å². The molecule has 3 nitrogen and oxygen atoms in total. The SMILES string of the molecule is CCCC(C)Cn1cc(CC(C)N)c2cccnc21. The molecule has 0 radical (unpaired) electrons. The van der Waals surface area contributed by atoms with E-state index in [1.54, 1.807) is 0 Å². The number of hydrogen-bond donors (Lipinski definition) is 1. The largest absolute Gasteiger partial charge is 0.332 e. The summed E-state index contributed by atoms with van der Waals surface area (Å²) < 4.78 is 2.30. The average molecular weight is 259 g/mol. The lowest BCUT2D eigenvalue weighted by Crippen LogP contribution is -2.17. The molecule has 0 amide bonds. The van der Waals surface area contributed by atoms with Crippen LogP contribution in [-0.4, -0.2) is 15.6 Å². The highest BCUT2D eigenvalue weighted by Gasteiger charge is 2.12. The minimum atomic E-state index is 0.187. The van der Waals surface area contributed by atoms with E-state index < -0.39 is 0 Å². The zero-order valence-corrected chi connectivity index (χ0v) is 12.3. The van der Waals surface area contributed by atoms with E-state index in [9.17, 15) is 0 Å². The molecule has 2 atom stereocenters. The van der Waals surface area contributed by atoms with Crippen LogP contribution in [0.4, 0.5) is 0 Å². The van der Waals surface area contributed by atoms with Crippen molar-refractivity contribution in [2.45, 2.75) is 52.6 Å². The molecule has 0 spiro atoms. The smallest absolute Gasteiger partial charge is 0.140 e. The summed E-state index contributed by atoms with van der Waals surface area (Å²) in [7, 11) is 0. The first-order chi connectivity index (χ1) is 9.11. The molecule has 0 aliphatic rings. The highest BCUT2D eigenvalue weighted by molar-refractivity contribution is 5.80. The summed E-state index contributed by atoms with van der Waals surface area (Å²) in [6.45, 7) is 7.65. The number of nitrogens with two attached hydrogens (primary N) is 1. The van der Waals surface area contributed by atoms with Gasteiger partial charge in [0.05, 0.1) is 0 Å². The van der Waals surface area contributed by atoms with Crippen LogP contribution in [0.3, 0.4) is 0 Å². The fraction of sp³-hybridized carbons (Fsp3) is 0.562. The summed E-state index contributed by atoms with van der Waals surface area (Å²) in [4.78, 5) is 4.54. The van der Waals surface area contributed by atoms with E-state index >= 15 is 0 Å². The van der Waals surface area contributed by atoms with Crippen molar-refractivity contribution in [2.24, 2.45) is 11.7 Å². The molecular weight excluding hydrogens is 234 g/mol. The molecule has 0 aromatic carbocycles. The second kappa shape index (κ2) is 6.20. The first kappa shape index (κ1) is 14.1. The van der Waals surface area contributed by atoms with Crippen LogP contribution in [0.1, 0.15) is 39.2 Å². The molecule has 0 saturated carbocycles. The van der Waals surface area contributed by atoms with Crippen LogP contribution in [0.2, 0.25) is 0 Å². The molecule has 0 fully saturated rings. The van der Waals surface area contributed by atoms with Crippen molar-refractivity contribution in [3.8, 4) is 0 Å². The number of hydrogen-bond acceptors (Lipinski definition) is 2. The molecular formula is C16H25N3. The van der Waals surface area contributed by atoms with E-state index in [4.69, 9.17) is 5.73 Å². The van der Waals surface area contributed by atoms with Gasteiger partial charge in [-0.15, -0.1) is 0 Å². The van der Waals surface area contributed by atoms with Crippen molar-refractivity contribution in [3.63, 3.8) is 0 Å². The normalized spacial score (nSPS) is 14.7. The van der Waals surface area contributed by atoms with Crippen molar-refractivity contribution in [2.75, 3.05) is 0 Å². The highest BCUT2D eigenvalue weighted by atomic mass is 15.0. The van der Waals surface area contributed by atoms with E-state index in [1.165, 1.54) is 23.8 Å². The third kappa shape index (κ3) is 3.35. The maximum absolute atomic E-state index is 5.94. The molecule has 2 rings (SSSR count). The van der Waals surface area contributed by atoms with Gasteiger partial charge in [-0.3, -0.25) is 0 Å². The van der Waals surface area contributed by atoms with Crippen LogP contribution >= 0.6 is 0 Å². The van der Waals surface area contributed by atoms with Crippen molar-refractivity contribution >= 4 is 11.0 Å². The number of nitrogens with zero attached hydrogens (tertiary/aromatic N) is 2. The first-order valence-electron chi connectivity index (χ1n) is 7.30.